The monoisotopic (exact) mass is 312 g/mol. The highest BCUT2D eigenvalue weighted by molar-refractivity contribution is 9.10. The Morgan fingerprint density at radius 3 is 2.50 bits per heavy atom. The first-order chi connectivity index (χ1) is 8.45. The molecule has 0 fully saturated rings. The Hall–Kier alpha value is -0.540. The first-order valence-corrected chi connectivity index (χ1v) is 7.40. The van der Waals surface area contributed by atoms with E-state index in [2.05, 4.69) is 72.2 Å². The number of anilines is 1. The number of benzene rings is 1. The van der Waals surface area contributed by atoms with Crippen molar-refractivity contribution in [1.82, 2.24) is 5.32 Å². The number of hydrogen-bond donors (Lipinski definition) is 1. The smallest absolute Gasteiger partial charge is 0.0412 e. The van der Waals surface area contributed by atoms with Gasteiger partial charge in [0.15, 0.2) is 0 Å². The van der Waals surface area contributed by atoms with Crippen LogP contribution in [0.3, 0.4) is 0 Å². The molecular formula is C15H25BrN2. The van der Waals surface area contributed by atoms with Crippen LogP contribution in [0.5, 0.6) is 0 Å². The zero-order valence-electron chi connectivity index (χ0n) is 12.1. The van der Waals surface area contributed by atoms with Crippen molar-refractivity contribution in [3.63, 3.8) is 0 Å². The number of rotatable bonds is 6. The van der Waals surface area contributed by atoms with Crippen LogP contribution in [0, 0.1) is 5.92 Å². The Morgan fingerprint density at radius 1 is 1.28 bits per heavy atom. The van der Waals surface area contributed by atoms with E-state index in [4.69, 9.17) is 0 Å². The van der Waals surface area contributed by atoms with Gasteiger partial charge in [-0.3, -0.25) is 0 Å². The lowest BCUT2D eigenvalue weighted by Crippen LogP contribution is -2.31. The van der Waals surface area contributed by atoms with Gasteiger partial charge in [-0.25, -0.2) is 0 Å². The van der Waals surface area contributed by atoms with Crippen molar-refractivity contribution >= 4 is 21.6 Å². The number of nitrogens with one attached hydrogen (secondary N) is 1. The van der Waals surface area contributed by atoms with Crippen molar-refractivity contribution in [2.75, 3.05) is 19.0 Å². The molecule has 0 aliphatic rings. The fourth-order valence-electron chi connectivity index (χ4n) is 2.31. The second-order valence-corrected chi connectivity index (χ2v) is 6.31. The van der Waals surface area contributed by atoms with E-state index in [-0.39, 0.29) is 0 Å². The summed E-state index contributed by atoms with van der Waals surface area (Å²) in [6, 6.07) is 7.08. The molecule has 0 amide bonds. The summed E-state index contributed by atoms with van der Waals surface area (Å²) in [5, 5.41) is 3.24. The van der Waals surface area contributed by atoms with E-state index < -0.39 is 0 Å². The second-order valence-electron chi connectivity index (χ2n) is 5.39. The summed E-state index contributed by atoms with van der Waals surface area (Å²) in [4.78, 5) is 2.39. The zero-order valence-corrected chi connectivity index (χ0v) is 13.7. The molecule has 0 radical (unpaired) electrons. The highest BCUT2D eigenvalue weighted by Gasteiger charge is 2.14. The third kappa shape index (κ3) is 4.29. The molecule has 3 heteroatoms. The normalized spacial score (nSPS) is 12.8. The Kier molecular flexibility index (Phi) is 6.16. The lowest BCUT2D eigenvalue weighted by Gasteiger charge is -2.30. The van der Waals surface area contributed by atoms with Gasteiger partial charge < -0.3 is 10.2 Å². The standard InChI is InChI=1S/C15H25BrN2/c1-11(2)8-12(3)18(5)15-7-6-14(16)9-13(15)10-17-4/h6-7,9,11-12,17H,8,10H2,1-5H3. The molecule has 2 nitrogen and oxygen atoms in total. The SMILES string of the molecule is CNCc1cc(Br)ccc1N(C)C(C)CC(C)C. The van der Waals surface area contributed by atoms with Crippen LogP contribution in [0.2, 0.25) is 0 Å². The van der Waals surface area contributed by atoms with E-state index in [0.29, 0.717) is 6.04 Å². The molecule has 18 heavy (non-hydrogen) atoms. The summed E-state index contributed by atoms with van der Waals surface area (Å²) in [6.45, 7) is 7.75. The van der Waals surface area contributed by atoms with Crippen molar-refractivity contribution in [3.8, 4) is 0 Å². The van der Waals surface area contributed by atoms with Gasteiger partial charge in [-0.1, -0.05) is 29.8 Å². The highest BCUT2D eigenvalue weighted by Crippen LogP contribution is 2.26. The third-order valence-corrected chi connectivity index (χ3v) is 3.76. The Labute approximate surface area is 120 Å². The molecule has 0 bridgehead atoms. The first kappa shape index (κ1) is 15.5. The van der Waals surface area contributed by atoms with E-state index in [1.807, 2.05) is 7.05 Å². The summed E-state index contributed by atoms with van der Waals surface area (Å²) < 4.78 is 1.14. The predicted molar refractivity (Wildman–Crippen MR) is 84.2 cm³/mol. The summed E-state index contributed by atoms with van der Waals surface area (Å²) in [7, 11) is 4.18. The molecule has 0 saturated carbocycles. The molecule has 102 valence electrons. The van der Waals surface area contributed by atoms with E-state index in [9.17, 15) is 0 Å². The zero-order chi connectivity index (χ0) is 13.7. The summed E-state index contributed by atoms with van der Waals surface area (Å²) in [5.74, 6) is 0.727. The lowest BCUT2D eigenvalue weighted by atomic mass is 10.0. The van der Waals surface area contributed by atoms with Gasteiger partial charge in [0.2, 0.25) is 0 Å². The Balaban J connectivity index is 2.93. The highest BCUT2D eigenvalue weighted by atomic mass is 79.9. The van der Waals surface area contributed by atoms with Crippen molar-refractivity contribution < 1.29 is 0 Å². The van der Waals surface area contributed by atoms with Crippen molar-refractivity contribution in [2.45, 2.75) is 39.8 Å². The van der Waals surface area contributed by atoms with Gasteiger partial charge in [0, 0.05) is 29.8 Å². The molecule has 0 aliphatic heterocycles. The average molecular weight is 313 g/mol. The van der Waals surface area contributed by atoms with E-state index in [0.717, 1.165) is 16.9 Å². The third-order valence-electron chi connectivity index (χ3n) is 3.26. The molecule has 1 N–H and O–H groups in total. The largest absolute Gasteiger partial charge is 0.372 e. The van der Waals surface area contributed by atoms with Crippen LogP contribution < -0.4 is 10.2 Å². The predicted octanol–water partition coefficient (Wildman–Crippen LogP) is 4.04. The van der Waals surface area contributed by atoms with E-state index in [1.54, 1.807) is 0 Å². The van der Waals surface area contributed by atoms with Gasteiger partial charge in [-0.15, -0.1) is 0 Å². The van der Waals surface area contributed by atoms with Crippen LogP contribution in [0.1, 0.15) is 32.8 Å². The number of halogens is 1. The minimum atomic E-state index is 0.557. The Morgan fingerprint density at radius 2 is 1.94 bits per heavy atom. The summed E-state index contributed by atoms with van der Waals surface area (Å²) in [5.41, 5.74) is 2.66. The molecule has 0 spiro atoms. The van der Waals surface area contributed by atoms with E-state index >= 15 is 0 Å². The van der Waals surface area contributed by atoms with Crippen LogP contribution >= 0.6 is 15.9 Å². The van der Waals surface area contributed by atoms with Crippen molar-refractivity contribution in [3.05, 3.63) is 28.2 Å². The minimum Gasteiger partial charge on any atom is -0.372 e. The maximum atomic E-state index is 3.55. The van der Waals surface area contributed by atoms with Gasteiger partial charge >= 0.3 is 0 Å². The van der Waals surface area contributed by atoms with Gasteiger partial charge in [0.05, 0.1) is 0 Å². The molecule has 1 unspecified atom stereocenters. The van der Waals surface area contributed by atoms with Gasteiger partial charge in [0.1, 0.15) is 0 Å². The fraction of sp³-hybridized carbons (Fsp3) is 0.600. The van der Waals surface area contributed by atoms with Crippen LogP contribution in [-0.2, 0) is 6.54 Å². The number of hydrogen-bond acceptors (Lipinski definition) is 2. The van der Waals surface area contributed by atoms with Crippen LogP contribution in [0.15, 0.2) is 22.7 Å². The molecule has 1 aromatic rings. The quantitative estimate of drug-likeness (QED) is 0.853. The minimum absolute atomic E-state index is 0.557. The van der Waals surface area contributed by atoms with Crippen molar-refractivity contribution in [1.29, 1.82) is 0 Å². The number of nitrogens with zero attached hydrogens (tertiary/aromatic N) is 1. The second kappa shape index (κ2) is 7.15. The Bertz CT molecular complexity index is 377. The topological polar surface area (TPSA) is 15.3 Å². The fourth-order valence-corrected chi connectivity index (χ4v) is 2.72. The van der Waals surface area contributed by atoms with Crippen LogP contribution in [0.25, 0.3) is 0 Å². The molecule has 0 aliphatic carbocycles. The molecule has 0 saturated heterocycles. The van der Waals surface area contributed by atoms with Crippen LogP contribution in [-0.4, -0.2) is 20.1 Å². The van der Waals surface area contributed by atoms with Crippen LogP contribution in [0.4, 0.5) is 5.69 Å². The average Bonchev–Trinajstić information content (AvgIpc) is 2.28. The van der Waals surface area contributed by atoms with Crippen molar-refractivity contribution in [2.24, 2.45) is 5.92 Å². The maximum absolute atomic E-state index is 3.55. The van der Waals surface area contributed by atoms with Gasteiger partial charge in [0.25, 0.3) is 0 Å². The van der Waals surface area contributed by atoms with E-state index in [1.165, 1.54) is 17.7 Å². The molecule has 1 aromatic carbocycles. The molecule has 0 heterocycles. The molecular weight excluding hydrogens is 288 g/mol. The first-order valence-electron chi connectivity index (χ1n) is 6.61. The molecule has 0 aromatic heterocycles. The summed E-state index contributed by atoms with van der Waals surface area (Å²) in [6.07, 6.45) is 1.21. The molecule has 1 rings (SSSR count). The lowest BCUT2D eigenvalue weighted by molar-refractivity contribution is 0.503. The summed E-state index contributed by atoms with van der Waals surface area (Å²) >= 11 is 3.55. The molecule has 1 atom stereocenters. The van der Waals surface area contributed by atoms with Gasteiger partial charge in [-0.2, -0.15) is 0 Å². The maximum Gasteiger partial charge on any atom is 0.0412 e. The van der Waals surface area contributed by atoms with Gasteiger partial charge in [-0.05, 0) is 50.1 Å².